The van der Waals surface area contributed by atoms with Crippen LogP contribution in [0.1, 0.15) is 66.7 Å². The third-order valence-electron chi connectivity index (χ3n) is 4.62. The number of carbonyl (C=O) groups is 1. The van der Waals surface area contributed by atoms with Crippen LogP contribution in [0.3, 0.4) is 0 Å². The molecule has 24 heavy (non-hydrogen) atoms. The Bertz CT molecular complexity index is 484. The van der Waals surface area contributed by atoms with E-state index in [1.54, 1.807) is 6.92 Å². The standard InChI is InChI=1S/C21H36N2O/c1-17(2)8-6-9-18(3)10-7-11-19(4)12-13-21-16-22-14-15-23(21)20(5)24/h8,10,12,21-22H,6-7,9,11,13-16H2,1-5H3. The molecular weight excluding hydrogens is 296 g/mol. The maximum atomic E-state index is 11.7. The van der Waals surface area contributed by atoms with Gasteiger partial charge in [0, 0.05) is 32.6 Å². The predicted molar refractivity (Wildman–Crippen MR) is 104 cm³/mol. The molecule has 1 unspecified atom stereocenters. The molecule has 136 valence electrons. The molecule has 1 rings (SSSR count). The van der Waals surface area contributed by atoms with E-state index in [0.29, 0.717) is 6.04 Å². The topological polar surface area (TPSA) is 32.3 Å². The van der Waals surface area contributed by atoms with Gasteiger partial charge in [0.05, 0.1) is 0 Å². The molecule has 1 N–H and O–H groups in total. The number of amides is 1. The zero-order valence-corrected chi connectivity index (χ0v) is 16.3. The molecule has 1 heterocycles. The fourth-order valence-corrected chi connectivity index (χ4v) is 3.06. The molecule has 1 saturated heterocycles. The molecular formula is C21H36N2O. The molecule has 1 atom stereocenters. The van der Waals surface area contributed by atoms with Gasteiger partial charge in [-0.1, -0.05) is 34.9 Å². The maximum Gasteiger partial charge on any atom is 0.219 e. The van der Waals surface area contributed by atoms with Crippen LogP contribution in [0.25, 0.3) is 0 Å². The summed E-state index contributed by atoms with van der Waals surface area (Å²) < 4.78 is 0. The molecule has 0 aromatic rings. The monoisotopic (exact) mass is 332 g/mol. The molecule has 1 aliphatic rings. The minimum Gasteiger partial charge on any atom is -0.337 e. The van der Waals surface area contributed by atoms with Gasteiger partial charge < -0.3 is 10.2 Å². The van der Waals surface area contributed by atoms with E-state index in [-0.39, 0.29) is 5.91 Å². The lowest BCUT2D eigenvalue weighted by atomic mass is 10.0. The van der Waals surface area contributed by atoms with Crippen molar-refractivity contribution in [2.24, 2.45) is 0 Å². The maximum absolute atomic E-state index is 11.7. The van der Waals surface area contributed by atoms with E-state index in [4.69, 9.17) is 0 Å². The number of hydrogen-bond acceptors (Lipinski definition) is 2. The van der Waals surface area contributed by atoms with Crippen molar-refractivity contribution in [3.8, 4) is 0 Å². The van der Waals surface area contributed by atoms with Gasteiger partial charge in [0.25, 0.3) is 0 Å². The Morgan fingerprint density at radius 2 is 1.62 bits per heavy atom. The molecule has 1 fully saturated rings. The van der Waals surface area contributed by atoms with Crippen LogP contribution in [0, 0.1) is 0 Å². The lowest BCUT2D eigenvalue weighted by molar-refractivity contribution is -0.131. The van der Waals surface area contributed by atoms with Gasteiger partial charge in [0.15, 0.2) is 0 Å². The van der Waals surface area contributed by atoms with Crippen molar-refractivity contribution in [1.82, 2.24) is 10.2 Å². The minimum atomic E-state index is 0.197. The van der Waals surface area contributed by atoms with E-state index < -0.39 is 0 Å². The molecule has 0 radical (unpaired) electrons. The van der Waals surface area contributed by atoms with Crippen molar-refractivity contribution in [2.45, 2.75) is 72.8 Å². The van der Waals surface area contributed by atoms with Crippen molar-refractivity contribution < 1.29 is 4.79 Å². The highest BCUT2D eigenvalue weighted by molar-refractivity contribution is 5.73. The number of allylic oxidation sites excluding steroid dienone is 5. The van der Waals surface area contributed by atoms with Gasteiger partial charge in [0.2, 0.25) is 5.91 Å². The Kier molecular flexibility index (Phi) is 9.70. The zero-order valence-electron chi connectivity index (χ0n) is 16.3. The molecule has 0 aromatic carbocycles. The van der Waals surface area contributed by atoms with Crippen LogP contribution in [-0.2, 0) is 4.79 Å². The molecule has 0 aliphatic carbocycles. The molecule has 3 heteroatoms. The first-order valence-electron chi connectivity index (χ1n) is 9.32. The van der Waals surface area contributed by atoms with Gasteiger partial charge in [-0.05, 0) is 59.8 Å². The number of piperazine rings is 1. The smallest absolute Gasteiger partial charge is 0.219 e. The highest BCUT2D eigenvalue weighted by Crippen LogP contribution is 2.14. The van der Waals surface area contributed by atoms with Crippen molar-refractivity contribution in [1.29, 1.82) is 0 Å². The van der Waals surface area contributed by atoms with Crippen LogP contribution < -0.4 is 5.32 Å². The second-order valence-corrected chi connectivity index (χ2v) is 7.27. The molecule has 0 saturated carbocycles. The highest BCUT2D eigenvalue weighted by Gasteiger charge is 2.22. The number of rotatable bonds is 8. The van der Waals surface area contributed by atoms with Gasteiger partial charge in [-0.15, -0.1) is 0 Å². The Morgan fingerprint density at radius 1 is 1.00 bits per heavy atom. The van der Waals surface area contributed by atoms with E-state index in [9.17, 15) is 4.79 Å². The summed E-state index contributed by atoms with van der Waals surface area (Å²) >= 11 is 0. The summed E-state index contributed by atoms with van der Waals surface area (Å²) in [4.78, 5) is 13.7. The minimum absolute atomic E-state index is 0.197. The van der Waals surface area contributed by atoms with Crippen molar-refractivity contribution >= 4 is 5.91 Å². The summed E-state index contributed by atoms with van der Waals surface area (Å²) in [7, 11) is 0. The number of nitrogens with one attached hydrogen (secondary N) is 1. The summed E-state index contributed by atoms with van der Waals surface area (Å²) in [5.74, 6) is 0.197. The summed E-state index contributed by atoms with van der Waals surface area (Å²) in [6.07, 6.45) is 12.5. The fraction of sp³-hybridized carbons (Fsp3) is 0.667. The third kappa shape index (κ3) is 8.49. The molecule has 1 aliphatic heterocycles. The predicted octanol–water partition coefficient (Wildman–Crippen LogP) is 4.62. The van der Waals surface area contributed by atoms with Crippen molar-refractivity contribution in [3.63, 3.8) is 0 Å². The van der Waals surface area contributed by atoms with Crippen LogP contribution in [-0.4, -0.2) is 36.5 Å². The Balaban J connectivity index is 2.35. The van der Waals surface area contributed by atoms with E-state index in [2.05, 4.69) is 51.2 Å². The number of carbonyl (C=O) groups excluding carboxylic acids is 1. The van der Waals surface area contributed by atoms with Crippen LogP contribution in [0.4, 0.5) is 0 Å². The second kappa shape index (κ2) is 11.2. The first-order chi connectivity index (χ1) is 11.4. The van der Waals surface area contributed by atoms with Crippen LogP contribution in [0.5, 0.6) is 0 Å². The van der Waals surface area contributed by atoms with Gasteiger partial charge in [-0.3, -0.25) is 4.79 Å². The molecule has 0 spiro atoms. The van der Waals surface area contributed by atoms with Crippen LogP contribution >= 0.6 is 0 Å². The molecule has 1 amide bonds. The Labute approximate surface area is 148 Å². The SMILES string of the molecule is CC(=O)N1CCNCC1CC=C(C)CCC=C(C)CCC=C(C)C. The Hall–Kier alpha value is -1.35. The quantitative estimate of drug-likeness (QED) is 0.658. The van der Waals surface area contributed by atoms with Crippen molar-refractivity contribution in [2.75, 3.05) is 19.6 Å². The van der Waals surface area contributed by atoms with Crippen LogP contribution in [0.15, 0.2) is 34.9 Å². The van der Waals surface area contributed by atoms with Gasteiger partial charge in [-0.2, -0.15) is 0 Å². The molecule has 0 bridgehead atoms. The van der Waals surface area contributed by atoms with Crippen molar-refractivity contribution in [3.05, 3.63) is 34.9 Å². The lowest BCUT2D eigenvalue weighted by Crippen LogP contribution is -2.52. The highest BCUT2D eigenvalue weighted by atomic mass is 16.2. The van der Waals surface area contributed by atoms with Gasteiger partial charge in [0.1, 0.15) is 0 Å². The summed E-state index contributed by atoms with van der Waals surface area (Å²) in [5.41, 5.74) is 4.32. The average molecular weight is 333 g/mol. The van der Waals surface area contributed by atoms with E-state index >= 15 is 0 Å². The summed E-state index contributed by atoms with van der Waals surface area (Å²) in [6.45, 7) is 13.1. The number of nitrogens with zero attached hydrogens (tertiary/aromatic N) is 1. The molecule has 3 nitrogen and oxygen atoms in total. The summed E-state index contributed by atoms with van der Waals surface area (Å²) in [5, 5.41) is 3.39. The van der Waals surface area contributed by atoms with E-state index in [1.165, 1.54) is 16.7 Å². The first kappa shape index (κ1) is 20.7. The average Bonchev–Trinajstić information content (AvgIpc) is 2.52. The normalized spacial score (nSPS) is 19.4. The van der Waals surface area contributed by atoms with Gasteiger partial charge >= 0.3 is 0 Å². The molecule has 0 aromatic heterocycles. The largest absolute Gasteiger partial charge is 0.337 e. The van der Waals surface area contributed by atoms with Crippen LogP contribution in [0.2, 0.25) is 0 Å². The van der Waals surface area contributed by atoms with Gasteiger partial charge in [-0.25, -0.2) is 0 Å². The number of hydrogen-bond donors (Lipinski definition) is 1. The lowest BCUT2D eigenvalue weighted by Gasteiger charge is -2.35. The Morgan fingerprint density at radius 3 is 2.25 bits per heavy atom. The second-order valence-electron chi connectivity index (χ2n) is 7.27. The zero-order chi connectivity index (χ0) is 17.9. The third-order valence-corrected chi connectivity index (χ3v) is 4.62. The van der Waals surface area contributed by atoms with E-state index in [1.807, 2.05) is 4.90 Å². The summed E-state index contributed by atoms with van der Waals surface area (Å²) in [6, 6.07) is 0.313. The van der Waals surface area contributed by atoms with E-state index in [0.717, 1.165) is 51.7 Å². The fourth-order valence-electron chi connectivity index (χ4n) is 3.06. The first-order valence-corrected chi connectivity index (χ1v) is 9.32.